The van der Waals surface area contributed by atoms with E-state index in [4.69, 9.17) is 9.84 Å². The first-order chi connectivity index (χ1) is 9.02. The molecule has 1 aliphatic heterocycles. The van der Waals surface area contributed by atoms with Gasteiger partial charge in [0.2, 0.25) is 0 Å². The summed E-state index contributed by atoms with van der Waals surface area (Å²) in [6.07, 6.45) is 0. The second-order valence-electron chi connectivity index (χ2n) is 3.97. The van der Waals surface area contributed by atoms with E-state index < -0.39 is 11.9 Å². The Labute approximate surface area is 128 Å². The summed E-state index contributed by atoms with van der Waals surface area (Å²) in [4.78, 5) is 24.8. The van der Waals surface area contributed by atoms with Crippen molar-refractivity contribution in [3.63, 3.8) is 0 Å². The van der Waals surface area contributed by atoms with Gasteiger partial charge in [-0.15, -0.1) is 11.8 Å². The van der Waals surface area contributed by atoms with Gasteiger partial charge in [0.25, 0.3) is 0 Å². The Hall–Kier alpha value is -0.960. The standard InChI is InChI=1S/C12H12INO4S/c1-18-9-4-7-6-14(11(15)12(16)17)2-3-19-10(7)5-8(9)13/h4-5H,2-3,6H2,1H3,(H,16,17). The molecule has 1 N–H and O–H groups in total. The molecular formula is C12H12INO4S. The van der Waals surface area contributed by atoms with E-state index in [1.54, 1.807) is 18.9 Å². The third-order valence-corrected chi connectivity index (χ3v) is 4.71. The van der Waals surface area contributed by atoms with Gasteiger partial charge in [0.05, 0.1) is 10.7 Å². The molecule has 7 heteroatoms. The van der Waals surface area contributed by atoms with Gasteiger partial charge in [-0.1, -0.05) is 0 Å². The second kappa shape index (κ2) is 6.00. The van der Waals surface area contributed by atoms with Crippen LogP contribution >= 0.6 is 34.4 Å². The predicted molar refractivity (Wildman–Crippen MR) is 79.5 cm³/mol. The number of benzene rings is 1. The number of carbonyl (C=O) groups excluding carboxylic acids is 1. The number of carboxylic acids is 1. The van der Waals surface area contributed by atoms with Crippen LogP contribution in [0.25, 0.3) is 0 Å². The molecule has 0 saturated heterocycles. The molecule has 19 heavy (non-hydrogen) atoms. The van der Waals surface area contributed by atoms with Crippen molar-refractivity contribution < 1.29 is 19.4 Å². The smallest absolute Gasteiger partial charge is 0.394 e. The quantitative estimate of drug-likeness (QED) is 0.583. The Morgan fingerprint density at radius 3 is 2.84 bits per heavy atom. The van der Waals surface area contributed by atoms with Crippen LogP contribution in [0, 0.1) is 3.57 Å². The lowest BCUT2D eigenvalue weighted by atomic mass is 10.2. The number of rotatable bonds is 1. The van der Waals surface area contributed by atoms with Crippen LogP contribution < -0.4 is 4.74 Å². The summed E-state index contributed by atoms with van der Waals surface area (Å²) in [5.74, 6) is -0.838. The van der Waals surface area contributed by atoms with E-state index in [0.29, 0.717) is 18.8 Å². The normalized spacial score (nSPS) is 14.5. The van der Waals surface area contributed by atoms with Gasteiger partial charge < -0.3 is 14.7 Å². The summed E-state index contributed by atoms with van der Waals surface area (Å²) < 4.78 is 6.26. The number of carboxylic acid groups (broad SMARTS) is 1. The van der Waals surface area contributed by atoms with Crippen molar-refractivity contribution in [3.8, 4) is 5.75 Å². The van der Waals surface area contributed by atoms with Gasteiger partial charge in [0, 0.05) is 23.7 Å². The predicted octanol–water partition coefficient (Wildman–Crippen LogP) is 1.82. The molecule has 0 bridgehead atoms. The molecule has 0 spiro atoms. The molecule has 1 aromatic carbocycles. The highest BCUT2D eigenvalue weighted by molar-refractivity contribution is 14.1. The molecule has 2 rings (SSSR count). The van der Waals surface area contributed by atoms with Crippen LogP contribution in [-0.4, -0.2) is 41.3 Å². The van der Waals surface area contributed by atoms with Crippen LogP contribution in [0.5, 0.6) is 5.75 Å². The van der Waals surface area contributed by atoms with Crippen LogP contribution in [0.4, 0.5) is 0 Å². The molecule has 0 unspecified atom stereocenters. The zero-order valence-corrected chi connectivity index (χ0v) is 13.2. The van der Waals surface area contributed by atoms with Gasteiger partial charge in [-0.2, -0.15) is 0 Å². The monoisotopic (exact) mass is 393 g/mol. The van der Waals surface area contributed by atoms with Crippen molar-refractivity contribution in [2.24, 2.45) is 0 Å². The summed E-state index contributed by atoms with van der Waals surface area (Å²) in [5, 5.41) is 8.80. The van der Waals surface area contributed by atoms with E-state index in [2.05, 4.69) is 22.6 Å². The summed E-state index contributed by atoms with van der Waals surface area (Å²) in [5.41, 5.74) is 0.925. The average molecular weight is 393 g/mol. The summed E-state index contributed by atoms with van der Waals surface area (Å²) in [7, 11) is 1.59. The fraction of sp³-hybridized carbons (Fsp3) is 0.333. The maximum absolute atomic E-state index is 11.6. The SMILES string of the molecule is COc1cc2c(cc1I)SCCN(C(=O)C(=O)O)C2. The van der Waals surface area contributed by atoms with E-state index in [1.165, 1.54) is 4.90 Å². The fourth-order valence-corrected chi connectivity index (χ4v) is 3.79. The number of ether oxygens (including phenoxy) is 1. The number of hydrogen-bond donors (Lipinski definition) is 1. The molecule has 1 aromatic rings. The number of methoxy groups -OCH3 is 1. The molecule has 1 heterocycles. The minimum atomic E-state index is -1.41. The highest BCUT2D eigenvalue weighted by atomic mass is 127. The molecule has 0 atom stereocenters. The van der Waals surface area contributed by atoms with Crippen molar-refractivity contribution in [2.45, 2.75) is 11.4 Å². The molecule has 0 saturated carbocycles. The van der Waals surface area contributed by atoms with E-state index >= 15 is 0 Å². The Bertz CT molecular complexity index is 535. The maximum Gasteiger partial charge on any atom is 0.394 e. The third kappa shape index (κ3) is 3.14. The van der Waals surface area contributed by atoms with Gasteiger partial charge in [-0.3, -0.25) is 4.79 Å². The number of halogens is 1. The summed E-state index contributed by atoms with van der Waals surface area (Å²) in [6, 6.07) is 3.88. The summed E-state index contributed by atoms with van der Waals surface area (Å²) in [6.45, 7) is 0.740. The number of aliphatic carboxylic acids is 1. The third-order valence-electron chi connectivity index (χ3n) is 2.79. The first-order valence-electron chi connectivity index (χ1n) is 5.54. The van der Waals surface area contributed by atoms with Crippen LogP contribution in [0.3, 0.4) is 0 Å². The number of carbonyl (C=O) groups is 2. The lowest BCUT2D eigenvalue weighted by Gasteiger charge is -2.18. The first kappa shape index (κ1) is 14.4. The Balaban J connectivity index is 2.33. The van der Waals surface area contributed by atoms with Gasteiger partial charge in [-0.25, -0.2) is 4.79 Å². The Morgan fingerprint density at radius 2 is 2.21 bits per heavy atom. The Morgan fingerprint density at radius 1 is 1.47 bits per heavy atom. The Kier molecular flexibility index (Phi) is 4.56. The van der Waals surface area contributed by atoms with Crippen LogP contribution in [0.1, 0.15) is 5.56 Å². The molecule has 1 aliphatic rings. The highest BCUT2D eigenvalue weighted by Crippen LogP contribution is 2.33. The lowest BCUT2D eigenvalue weighted by molar-refractivity contribution is -0.156. The molecule has 1 amide bonds. The molecule has 0 aliphatic carbocycles. The minimum Gasteiger partial charge on any atom is -0.496 e. The molecular weight excluding hydrogens is 381 g/mol. The summed E-state index contributed by atoms with van der Waals surface area (Å²) >= 11 is 3.82. The molecule has 5 nitrogen and oxygen atoms in total. The van der Waals surface area contributed by atoms with Gasteiger partial charge in [0.1, 0.15) is 5.75 Å². The molecule has 0 radical (unpaired) electrons. The minimum absolute atomic E-state index is 0.306. The van der Waals surface area contributed by atoms with E-state index in [9.17, 15) is 9.59 Å². The van der Waals surface area contributed by atoms with Crippen molar-refractivity contribution in [1.82, 2.24) is 4.90 Å². The fourth-order valence-electron chi connectivity index (χ4n) is 1.85. The van der Waals surface area contributed by atoms with Gasteiger partial charge >= 0.3 is 11.9 Å². The number of nitrogens with zero attached hydrogens (tertiary/aromatic N) is 1. The molecule has 102 valence electrons. The number of thioether (sulfide) groups is 1. The topological polar surface area (TPSA) is 66.8 Å². The van der Waals surface area contributed by atoms with E-state index in [-0.39, 0.29) is 0 Å². The van der Waals surface area contributed by atoms with Gasteiger partial charge in [-0.05, 0) is 40.3 Å². The maximum atomic E-state index is 11.6. The van der Waals surface area contributed by atoms with Gasteiger partial charge in [0.15, 0.2) is 0 Å². The van der Waals surface area contributed by atoms with Crippen LogP contribution in [-0.2, 0) is 16.1 Å². The number of hydrogen-bond acceptors (Lipinski definition) is 4. The average Bonchev–Trinajstić information content (AvgIpc) is 2.58. The largest absolute Gasteiger partial charge is 0.496 e. The van der Waals surface area contributed by atoms with E-state index in [0.717, 1.165) is 19.8 Å². The molecule has 0 fully saturated rings. The zero-order chi connectivity index (χ0) is 14.0. The van der Waals surface area contributed by atoms with Crippen molar-refractivity contribution >= 4 is 46.2 Å². The number of amides is 1. The highest BCUT2D eigenvalue weighted by Gasteiger charge is 2.24. The second-order valence-corrected chi connectivity index (χ2v) is 6.27. The molecule has 0 aromatic heterocycles. The lowest BCUT2D eigenvalue weighted by Crippen LogP contribution is -2.36. The zero-order valence-electron chi connectivity index (χ0n) is 10.2. The van der Waals surface area contributed by atoms with E-state index in [1.807, 2.05) is 12.1 Å². The van der Waals surface area contributed by atoms with Crippen molar-refractivity contribution in [1.29, 1.82) is 0 Å². The van der Waals surface area contributed by atoms with Crippen LogP contribution in [0.15, 0.2) is 17.0 Å². The number of fused-ring (bicyclic) bond motifs is 1. The first-order valence-corrected chi connectivity index (χ1v) is 7.60. The van der Waals surface area contributed by atoms with Crippen molar-refractivity contribution in [2.75, 3.05) is 19.4 Å². The van der Waals surface area contributed by atoms with Crippen LogP contribution in [0.2, 0.25) is 0 Å². The van der Waals surface area contributed by atoms with Crippen molar-refractivity contribution in [3.05, 3.63) is 21.3 Å².